The van der Waals surface area contributed by atoms with Crippen LogP contribution in [-0.2, 0) is 11.2 Å². The highest BCUT2D eigenvalue weighted by Crippen LogP contribution is 2.16. The van der Waals surface area contributed by atoms with Gasteiger partial charge in [-0.1, -0.05) is 44.2 Å². The summed E-state index contributed by atoms with van der Waals surface area (Å²) >= 11 is 0. The molecule has 14 heavy (non-hydrogen) atoms. The van der Waals surface area contributed by atoms with Gasteiger partial charge in [0.2, 0.25) is 5.91 Å². The van der Waals surface area contributed by atoms with E-state index in [-0.39, 0.29) is 11.8 Å². The van der Waals surface area contributed by atoms with Crippen molar-refractivity contribution in [2.24, 2.45) is 17.6 Å². The minimum absolute atomic E-state index is 0.0580. The standard InChI is InChI=1S/C12H17NO/c1-9(2)11(12(13)14)8-10-6-4-3-5-7-10/h3-7,9,11H,8H2,1-2H3,(H2,13,14). The Balaban J connectivity index is 2.70. The van der Waals surface area contributed by atoms with Gasteiger partial charge < -0.3 is 5.73 Å². The van der Waals surface area contributed by atoms with Crippen molar-refractivity contribution in [1.82, 2.24) is 0 Å². The van der Waals surface area contributed by atoms with Crippen molar-refractivity contribution in [2.75, 3.05) is 0 Å². The van der Waals surface area contributed by atoms with Crippen LogP contribution in [0.25, 0.3) is 0 Å². The van der Waals surface area contributed by atoms with Gasteiger partial charge in [-0.05, 0) is 17.9 Å². The number of nitrogens with two attached hydrogens (primary N) is 1. The summed E-state index contributed by atoms with van der Waals surface area (Å²) in [6, 6.07) is 9.98. The van der Waals surface area contributed by atoms with E-state index in [4.69, 9.17) is 5.73 Å². The van der Waals surface area contributed by atoms with Crippen molar-refractivity contribution >= 4 is 5.91 Å². The largest absolute Gasteiger partial charge is 0.369 e. The summed E-state index contributed by atoms with van der Waals surface area (Å²) in [5.74, 6) is 0.0361. The van der Waals surface area contributed by atoms with Gasteiger partial charge in [0.1, 0.15) is 0 Å². The monoisotopic (exact) mass is 191 g/mol. The fourth-order valence-corrected chi connectivity index (χ4v) is 1.53. The van der Waals surface area contributed by atoms with E-state index in [1.54, 1.807) is 0 Å². The van der Waals surface area contributed by atoms with Crippen LogP contribution in [0.4, 0.5) is 0 Å². The Morgan fingerprint density at radius 1 is 1.29 bits per heavy atom. The van der Waals surface area contributed by atoms with E-state index >= 15 is 0 Å². The highest BCUT2D eigenvalue weighted by atomic mass is 16.1. The van der Waals surface area contributed by atoms with Crippen molar-refractivity contribution < 1.29 is 4.79 Å². The molecule has 1 unspecified atom stereocenters. The van der Waals surface area contributed by atoms with E-state index in [0.717, 1.165) is 6.42 Å². The average Bonchev–Trinajstić information content (AvgIpc) is 2.15. The fraction of sp³-hybridized carbons (Fsp3) is 0.417. The molecule has 0 aromatic heterocycles. The maximum atomic E-state index is 11.2. The summed E-state index contributed by atoms with van der Waals surface area (Å²) < 4.78 is 0. The molecule has 1 rings (SSSR count). The normalized spacial score (nSPS) is 12.8. The van der Waals surface area contributed by atoms with Crippen LogP contribution < -0.4 is 5.73 Å². The first-order valence-corrected chi connectivity index (χ1v) is 4.94. The molecule has 0 radical (unpaired) electrons. The zero-order valence-corrected chi connectivity index (χ0v) is 8.73. The number of benzene rings is 1. The molecule has 0 saturated heterocycles. The first-order chi connectivity index (χ1) is 6.61. The average molecular weight is 191 g/mol. The van der Waals surface area contributed by atoms with Crippen LogP contribution in [0.5, 0.6) is 0 Å². The molecule has 0 spiro atoms. The van der Waals surface area contributed by atoms with Crippen LogP contribution in [0.15, 0.2) is 30.3 Å². The van der Waals surface area contributed by atoms with Crippen LogP contribution in [-0.4, -0.2) is 5.91 Å². The van der Waals surface area contributed by atoms with Crippen molar-refractivity contribution in [3.05, 3.63) is 35.9 Å². The van der Waals surface area contributed by atoms with Gasteiger partial charge in [-0.25, -0.2) is 0 Å². The Morgan fingerprint density at radius 3 is 2.29 bits per heavy atom. The Kier molecular flexibility index (Phi) is 3.69. The van der Waals surface area contributed by atoms with Crippen LogP contribution in [0, 0.1) is 11.8 Å². The van der Waals surface area contributed by atoms with Crippen LogP contribution in [0.3, 0.4) is 0 Å². The lowest BCUT2D eigenvalue weighted by Gasteiger charge is -2.16. The van der Waals surface area contributed by atoms with Gasteiger partial charge in [0, 0.05) is 5.92 Å². The van der Waals surface area contributed by atoms with E-state index in [1.807, 2.05) is 44.2 Å². The summed E-state index contributed by atoms with van der Waals surface area (Å²) in [4.78, 5) is 11.2. The van der Waals surface area contributed by atoms with Crippen molar-refractivity contribution in [3.63, 3.8) is 0 Å². The fourth-order valence-electron chi connectivity index (χ4n) is 1.53. The maximum absolute atomic E-state index is 11.2. The summed E-state index contributed by atoms with van der Waals surface area (Å²) in [5, 5.41) is 0. The van der Waals surface area contributed by atoms with Gasteiger partial charge in [-0.15, -0.1) is 0 Å². The van der Waals surface area contributed by atoms with E-state index in [2.05, 4.69) is 0 Å². The lowest BCUT2D eigenvalue weighted by atomic mass is 9.89. The molecule has 76 valence electrons. The molecule has 0 heterocycles. The maximum Gasteiger partial charge on any atom is 0.221 e. The smallest absolute Gasteiger partial charge is 0.221 e. The van der Waals surface area contributed by atoms with Crippen LogP contribution >= 0.6 is 0 Å². The SMILES string of the molecule is CC(C)C(Cc1ccccc1)C(N)=O. The number of rotatable bonds is 4. The van der Waals surface area contributed by atoms with Gasteiger partial charge in [-0.3, -0.25) is 4.79 Å². The minimum atomic E-state index is -0.205. The zero-order valence-electron chi connectivity index (χ0n) is 8.73. The van der Waals surface area contributed by atoms with Gasteiger partial charge in [0.15, 0.2) is 0 Å². The molecule has 0 fully saturated rings. The van der Waals surface area contributed by atoms with E-state index in [9.17, 15) is 4.79 Å². The molecule has 1 aromatic carbocycles. The third-order valence-corrected chi connectivity index (χ3v) is 2.47. The molecule has 2 nitrogen and oxygen atoms in total. The molecule has 2 N–H and O–H groups in total. The number of carbonyl (C=O) groups is 1. The molecule has 0 aliphatic rings. The summed E-state index contributed by atoms with van der Waals surface area (Å²) in [5.41, 5.74) is 6.52. The predicted octanol–water partition coefficient (Wildman–Crippen LogP) is 1.99. The highest BCUT2D eigenvalue weighted by molar-refractivity contribution is 5.77. The van der Waals surface area contributed by atoms with Gasteiger partial charge >= 0.3 is 0 Å². The highest BCUT2D eigenvalue weighted by Gasteiger charge is 2.19. The number of hydrogen-bond acceptors (Lipinski definition) is 1. The lowest BCUT2D eigenvalue weighted by molar-refractivity contribution is -0.123. The molecule has 2 heteroatoms. The molecule has 0 saturated carbocycles. The number of primary amides is 1. The second-order valence-corrected chi connectivity index (χ2v) is 3.94. The third-order valence-electron chi connectivity index (χ3n) is 2.47. The quantitative estimate of drug-likeness (QED) is 0.777. The molecule has 0 aliphatic carbocycles. The second-order valence-electron chi connectivity index (χ2n) is 3.94. The molecule has 1 atom stereocenters. The molecule has 0 bridgehead atoms. The lowest BCUT2D eigenvalue weighted by Crippen LogP contribution is -2.29. The molecule has 1 amide bonds. The van der Waals surface area contributed by atoms with Crippen molar-refractivity contribution in [2.45, 2.75) is 20.3 Å². The van der Waals surface area contributed by atoms with Gasteiger partial charge in [-0.2, -0.15) is 0 Å². The number of hydrogen-bond donors (Lipinski definition) is 1. The molecular weight excluding hydrogens is 174 g/mol. The summed E-state index contributed by atoms with van der Waals surface area (Å²) in [6.45, 7) is 4.05. The van der Waals surface area contributed by atoms with Gasteiger partial charge in [0.25, 0.3) is 0 Å². The van der Waals surface area contributed by atoms with Crippen LogP contribution in [0.1, 0.15) is 19.4 Å². The van der Waals surface area contributed by atoms with Crippen molar-refractivity contribution in [1.29, 1.82) is 0 Å². The van der Waals surface area contributed by atoms with Gasteiger partial charge in [0.05, 0.1) is 0 Å². The van der Waals surface area contributed by atoms with Crippen LogP contribution in [0.2, 0.25) is 0 Å². The second kappa shape index (κ2) is 4.80. The Labute approximate surface area is 85.1 Å². The number of amides is 1. The summed E-state index contributed by atoms with van der Waals surface area (Å²) in [7, 11) is 0. The van der Waals surface area contributed by atoms with Crippen molar-refractivity contribution in [3.8, 4) is 0 Å². The molecule has 1 aromatic rings. The Bertz CT molecular complexity index is 292. The van der Waals surface area contributed by atoms with E-state index in [1.165, 1.54) is 5.56 Å². The zero-order chi connectivity index (χ0) is 10.6. The molecule has 0 aliphatic heterocycles. The molecular formula is C12H17NO. The predicted molar refractivity (Wildman–Crippen MR) is 57.7 cm³/mol. The topological polar surface area (TPSA) is 43.1 Å². The van der Waals surface area contributed by atoms with E-state index in [0.29, 0.717) is 5.92 Å². The Morgan fingerprint density at radius 2 is 1.86 bits per heavy atom. The Hall–Kier alpha value is -1.31. The first kappa shape index (κ1) is 10.8. The minimum Gasteiger partial charge on any atom is -0.369 e. The van der Waals surface area contributed by atoms with E-state index < -0.39 is 0 Å². The first-order valence-electron chi connectivity index (χ1n) is 4.94. The summed E-state index contributed by atoms with van der Waals surface area (Å²) in [6.07, 6.45) is 0.744. The number of carbonyl (C=O) groups excluding carboxylic acids is 1. The third kappa shape index (κ3) is 2.87.